The van der Waals surface area contributed by atoms with Gasteiger partial charge >= 0.3 is 11.9 Å². The molecule has 3 heterocycles. The fourth-order valence-electron chi connectivity index (χ4n) is 4.57. The lowest BCUT2D eigenvalue weighted by molar-refractivity contribution is -0.141. The number of esters is 1. The zero-order valence-corrected chi connectivity index (χ0v) is 22.7. The van der Waals surface area contributed by atoms with Gasteiger partial charge in [0.2, 0.25) is 0 Å². The molecule has 0 spiro atoms. The van der Waals surface area contributed by atoms with E-state index in [9.17, 15) is 14.0 Å². The summed E-state index contributed by atoms with van der Waals surface area (Å²) >= 11 is 7.82. The van der Waals surface area contributed by atoms with E-state index in [1.807, 2.05) is 5.38 Å². The first-order valence-electron chi connectivity index (χ1n) is 12.3. The second kappa shape index (κ2) is 12.8. The third-order valence-electron chi connectivity index (χ3n) is 6.61. The molecule has 2 aliphatic rings. The number of ether oxygens (including phenoxy) is 2. The van der Waals surface area contributed by atoms with Crippen LogP contribution in [0.5, 0.6) is 0 Å². The van der Waals surface area contributed by atoms with Gasteiger partial charge in [-0.25, -0.2) is 14.2 Å². The van der Waals surface area contributed by atoms with E-state index in [1.54, 1.807) is 13.1 Å². The highest BCUT2D eigenvalue weighted by molar-refractivity contribution is 7.11. The Morgan fingerprint density at radius 1 is 1.42 bits per heavy atom. The maximum atomic E-state index is 13.8. The number of nitrogens with zero attached hydrogens (tertiary/aromatic N) is 3. The summed E-state index contributed by atoms with van der Waals surface area (Å²) in [5.41, 5.74) is 1.37. The van der Waals surface area contributed by atoms with Crippen molar-refractivity contribution < 1.29 is 28.6 Å². The number of aromatic nitrogens is 1. The Labute approximate surface area is 229 Å². The summed E-state index contributed by atoms with van der Waals surface area (Å²) < 4.78 is 24.9. The van der Waals surface area contributed by atoms with E-state index >= 15 is 0 Å². The molecule has 2 N–H and O–H groups in total. The Balaban J connectivity index is 1.60. The molecule has 0 aliphatic carbocycles. The number of carboxylic acid groups (broad SMARTS) is 1. The van der Waals surface area contributed by atoms with Gasteiger partial charge in [-0.1, -0.05) is 24.6 Å². The van der Waals surface area contributed by atoms with Crippen LogP contribution in [-0.2, 0) is 19.1 Å². The third kappa shape index (κ3) is 6.76. The van der Waals surface area contributed by atoms with Gasteiger partial charge in [0.05, 0.1) is 31.3 Å². The normalized spacial score (nSPS) is 21.0. The molecule has 0 amide bonds. The van der Waals surface area contributed by atoms with Gasteiger partial charge in [0.25, 0.3) is 0 Å². The summed E-state index contributed by atoms with van der Waals surface area (Å²) in [6.07, 6.45) is 3.68. The maximum absolute atomic E-state index is 13.8. The number of rotatable bonds is 10. The summed E-state index contributed by atoms with van der Waals surface area (Å²) in [7, 11) is 1.30. The van der Waals surface area contributed by atoms with E-state index in [4.69, 9.17) is 31.2 Å². The van der Waals surface area contributed by atoms with Crippen molar-refractivity contribution in [3.63, 3.8) is 0 Å². The quantitative estimate of drug-likeness (QED) is 0.416. The van der Waals surface area contributed by atoms with Crippen molar-refractivity contribution in [2.75, 3.05) is 33.4 Å². The first kappa shape index (κ1) is 28.2. The van der Waals surface area contributed by atoms with Crippen molar-refractivity contribution in [3.05, 3.63) is 62.5 Å². The molecular formula is C26H30ClFN4O5S. The minimum Gasteiger partial charge on any atom is -0.481 e. The standard InChI is InChI=1S/C26H30ClFN4O5S/c1-15(25(33)34)4-3-5-17-13-32(9-10-37-17)14-20-21(26(35)36-2)22(18-7-6-16(28)12-19(18)27)31-23(30-20)24-29-8-11-38-24/h6-8,11-12,15,17,22H,3-5,9-10,13-14H2,1-2H3,(H,30,31)(H,33,34)/t15?,17-,22+/m1/s1. The van der Waals surface area contributed by atoms with Gasteiger partial charge in [-0.3, -0.25) is 14.7 Å². The highest BCUT2D eigenvalue weighted by atomic mass is 35.5. The van der Waals surface area contributed by atoms with Crippen molar-refractivity contribution in [1.82, 2.24) is 15.2 Å². The molecule has 204 valence electrons. The lowest BCUT2D eigenvalue weighted by atomic mass is 9.95. The van der Waals surface area contributed by atoms with Crippen molar-refractivity contribution in [2.24, 2.45) is 10.9 Å². The van der Waals surface area contributed by atoms with E-state index in [0.29, 0.717) is 60.3 Å². The first-order valence-corrected chi connectivity index (χ1v) is 13.6. The second-order valence-corrected chi connectivity index (χ2v) is 10.6. The summed E-state index contributed by atoms with van der Waals surface area (Å²) in [6, 6.07) is 3.19. The molecule has 0 radical (unpaired) electrons. The number of carbonyl (C=O) groups excluding carboxylic acids is 1. The molecule has 1 aromatic carbocycles. The van der Waals surface area contributed by atoms with Gasteiger partial charge in [-0.2, -0.15) is 0 Å². The number of aliphatic carboxylic acids is 1. The van der Waals surface area contributed by atoms with Crippen LogP contribution in [0, 0.1) is 11.7 Å². The largest absolute Gasteiger partial charge is 0.481 e. The van der Waals surface area contributed by atoms with Crippen molar-refractivity contribution >= 4 is 40.7 Å². The molecule has 0 saturated carbocycles. The molecule has 1 saturated heterocycles. The van der Waals surface area contributed by atoms with E-state index in [-0.39, 0.29) is 11.1 Å². The van der Waals surface area contributed by atoms with Crippen molar-refractivity contribution in [1.29, 1.82) is 0 Å². The lowest BCUT2D eigenvalue weighted by Crippen LogP contribution is -2.46. The van der Waals surface area contributed by atoms with Gasteiger partial charge in [-0.05, 0) is 31.4 Å². The number of amidine groups is 1. The second-order valence-electron chi connectivity index (χ2n) is 9.29. The minimum absolute atomic E-state index is 0.0510. The molecule has 9 nitrogen and oxygen atoms in total. The number of halogens is 2. The predicted octanol–water partition coefficient (Wildman–Crippen LogP) is 4.05. The van der Waals surface area contributed by atoms with Crippen LogP contribution in [0.25, 0.3) is 0 Å². The monoisotopic (exact) mass is 564 g/mol. The Morgan fingerprint density at radius 3 is 2.92 bits per heavy atom. The SMILES string of the molecule is COC(=O)C1=C(CN2CCO[C@H](CCCC(C)C(=O)O)C2)NC(c2nccs2)=N[C@H]1c1ccc(F)cc1Cl. The Hall–Kier alpha value is -2.86. The number of morpholine rings is 1. The number of benzene rings is 1. The molecule has 4 rings (SSSR count). The van der Waals surface area contributed by atoms with Gasteiger partial charge in [0.15, 0.2) is 10.8 Å². The maximum Gasteiger partial charge on any atom is 0.338 e. The average molecular weight is 565 g/mol. The van der Waals surface area contributed by atoms with Gasteiger partial charge in [0.1, 0.15) is 11.9 Å². The van der Waals surface area contributed by atoms with Crippen molar-refractivity contribution in [2.45, 2.75) is 38.3 Å². The number of carbonyl (C=O) groups is 2. The zero-order valence-electron chi connectivity index (χ0n) is 21.2. The summed E-state index contributed by atoms with van der Waals surface area (Å²) in [5, 5.41) is 15.0. The molecule has 1 fully saturated rings. The van der Waals surface area contributed by atoms with E-state index < -0.39 is 29.7 Å². The highest BCUT2D eigenvalue weighted by Crippen LogP contribution is 2.37. The van der Waals surface area contributed by atoms with Crippen LogP contribution in [0.3, 0.4) is 0 Å². The Morgan fingerprint density at radius 2 is 2.24 bits per heavy atom. The lowest BCUT2D eigenvalue weighted by Gasteiger charge is -2.35. The van der Waals surface area contributed by atoms with Crippen LogP contribution in [-0.4, -0.2) is 72.2 Å². The molecule has 38 heavy (non-hydrogen) atoms. The number of nitrogens with one attached hydrogen (secondary N) is 1. The smallest absolute Gasteiger partial charge is 0.338 e. The Kier molecular flexibility index (Phi) is 9.48. The number of methoxy groups -OCH3 is 1. The third-order valence-corrected chi connectivity index (χ3v) is 7.72. The molecule has 1 aromatic heterocycles. The first-order chi connectivity index (χ1) is 18.3. The van der Waals surface area contributed by atoms with Crippen LogP contribution >= 0.6 is 22.9 Å². The minimum atomic E-state index is -0.819. The summed E-state index contributed by atoms with van der Waals surface area (Å²) in [6.45, 7) is 3.87. The number of aliphatic imine (C=N–C) groups is 1. The molecule has 2 aliphatic heterocycles. The van der Waals surface area contributed by atoms with Crippen LogP contribution in [0.1, 0.15) is 42.8 Å². The van der Waals surface area contributed by atoms with Gasteiger partial charge < -0.3 is 19.9 Å². The predicted molar refractivity (Wildman–Crippen MR) is 142 cm³/mol. The number of hydrogen-bond donors (Lipinski definition) is 2. The molecule has 0 bridgehead atoms. The number of thiazole rings is 1. The van der Waals surface area contributed by atoms with Crippen LogP contribution in [0.2, 0.25) is 5.02 Å². The van der Waals surface area contributed by atoms with Crippen molar-refractivity contribution in [3.8, 4) is 0 Å². The van der Waals surface area contributed by atoms with Gasteiger partial charge in [-0.15, -0.1) is 11.3 Å². The molecule has 1 unspecified atom stereocenters. The summed E-state index contributed by atoms with van der Waals surface area (Å²) in [5.74, 6) is -1.76. The van der Waals surface area contributed by atoms with Crippen LogP contribution in [0.15, 0.2) is 46.0 Å². The van der Waals surface area contributed by atoms with Gasteiger partial charge in [0, 0.05) is 47.5 Å². The fraction of sp³-hybridized carbons (Fsp3) is 0.462. The fourth-order valence-corrected chi connectivity index (χ4v) is 5.42. The average Bonchev–Trinajstić information content (AvgIpc) is 3.43. The van der Waals surface area contributed by atoms with E-state index in [0.717, 1.165) is 12.8 Å². The topological polar surface area (TPSA) is 113 Å². The molecule has 2 aromatic rings. The van der Waals surface area contributed by atoms with E-state index in [1.165, 1.54) is 36.6 Å². The highest BCUT2D eigenvalue weighted by Gasteiger charge is 2.35. The number of carboxylic acids is 1. The molecular weight excluding hydrogens is 535 g/mol. The Bertz CT molecular complexity index is 1220. The van der Waals surface area contributed by atoms with Crippen LogP contribution < -0.4 is 5.32 Å². The molecule has 12 heteroatoms. The molecule has 3 atom stereocenters. The van der Waals surface area contributed by atoms with Crippen LogP contribution in [0.4, 0.5) is 4.39 Å². The zero-order chi connectivity index (χ0) is 27.2. The summed E-state index contributed by atoms with van der Waals surface area (Å²) in [4.78, 5) is 35.5. The number of hydrogen-bond acceptors (Lipinski definition) is 9. The van der Waals surface area contributed by atoms with E-state index in [2.05, 4.69) is 15.2 Å².